The second-order valence-corrected chi connectivity index (χ2v) is 2.48. The van der Waals surface area contributed by atoms with Crippen LogP contribution in [0.2, 0.25) is 0 Å². The average molecular weight is 141 g/mol. The van der Waals surface area contributed by atoms with Crippen molar-refractivity contribution in [1.82, 2.24) is 5.32 Å². The summed E-state index contributed by atoms with van der Waals surface area (Å²) in [7, 11) is 0. The third-order valence-electron chi connectivity index (χ3n) is 0.667. The van der Waals surface area contributed by atoms with Gasteiger partial charge in [0.15, 0.2) is 0 Å². The molecule has 0 saturated heterocycles. The minimum absolute atomic E-state index is 0. The molecule has 0 unspecified atom stereocenters. The number of hydrogen-bond donors (Lipinski definition) is 1. The molecular formula is C6H16NNaO. The van der Waals surface area contributed by atoms with Crippen LogP contribution >= 0.6 is 0 Å². The first-order chi connectivity index (χ1) is 3.13. The molecule has 0 aromatic carbocycles. The van der Waals surface area contributed by atoms with Crippen molar-refractivity contribution < 1.29 is 35.0 Å². The summed E-state index contributed by atoms with van der Waals surface area (Å²) in [6.45, 7) is 8.61. The van der Waals surface area contributed by atoms with Crippen molar-refractivity contribution in [1.29, 1.82) is 0 Å². The van der Waals surface area contributed by atoms with Gasteiger partial charge in [0.1, 0.15) is 0 Å². The second-order valence-electron chi connectivity index (χ2n) is 2.48. The Morgan fingerprint density at radius 1 is 0.889 bits per heavy atom. The monoisotopic (exact) mass is 141 g/mol. The van der Waals surface area contributed by atoms with Crippen LogP contribution in [0.15, 0.2) is 0 Å². The van der Waals surface area contributed by atoms with Crippen molar-refractivity contribution >= 4 is 0 Å². The third-order valence-corrected chi connectivity index (χ3v) is 0.667. The van der Waals surface area contributed by atoms with E-state index in [0.29, 0.717) is 12.1 Å². The zero-order valence-electron chi connectivity index (χ0n) is 7.10. The summed E-state index contributed by atoms with van der Waals surface area (Å²) in [6.07, 6.45) is 0. The number of rotatable bonds is 2. The van der Waals surface area contributed by atoms with Crippen LogP contribution in [0.1, 0.15) is 27.7 Å². The van der Waals surface area contributed by atoms with Crippen LogP contribution in [0.3, 0.4) is 0 Å². The van der Waals surface area contributed by atoms with E-state index in [1.54, 1.807) is 0 Å². The summed E-state index contributed by atoms with van der Waals surface area (Å²) in [5.74, 6) is 0. The molecular weight excluding hydrogens is 125 g/mol. The Morgan fingerprint density at radius 2 is 1.11 bits per heavy atom. The van der Waals surface area contributed by atoms with Gasteiger partial charge in [-0.3, -0.25) is 0 Å². The van der Waals surface area contributed by atoms with Gasteiger partial charge in [0.2, 0.25) is 0 Å². The van der Waals surface area contributed by atoms with Gasteiger partial charge >= 0.3 is 29.6 Å². The van der Waals surface area contributed by atoms with E-state index >= 15 is 0 Å². The van der Waals surface area contributed by atoms with Gasteiger partial charge in [-0.1, -0.05) is 27.7 Å². The summed E-state index contributed by atoms with van der Waals surface area (Å²) in [5, 5.41) is 3.31. The van der Waals surface area contributed by atoms with E-state index in [4.69, 9.17) is 0 Å². The molecule has 0 fully saturated rings. The maximum absolute atomic E-state index is 3.31. The number of nitrogens with one attached hydrogen (secondary N) is 1. The van der Waals surface area contributed by atoms with Crippen molar-refractivity contribution in [2.45, 2.75) is 39.8 Å². The minimum atomic E-state index is 0. The van der Waals surface area contributed by atoms with Crippen LogP contribution in [0.5, 0.6) is 0 Å². The molecule has 2 N–H and O–H groups in total. The van der Waals surface area contributed by atoms with Gasteiger partial charge in [0, 0.05) is 12.1 Å². The fourth-order valence-electron chi connectivity index (χ4n) is 0.667. The molecule has 0 aliphatic carbocycles. The SMILES string of the molecule is CC(C)NC(C)C.[Na+].[OH-]. The summed E-state index contributed by atoms with van der Waals surface area (Å²) in [6, 6.07) is 1.25. The van der Waals surface area contributed by atoms with Crippen LogP contribution in [-0.2, 0) is 0 Å². The zero-order valence-corrected chi connectivity index (χ0v) is 9.10. The van der Waals surface area contributed by atoms with Gasteiger partial charge in [0.05, 0.1) is 0 Å². The van der Waals surface area contributed by atoms with Crippen LogP contribution in [0, 0.1) is 0 Å². The predicted octanol–water partition coefficient (Wildman–Crippen LogP) is -1.78. The topological polar surface area (TPSA) is 42.0 Å². The van der Waals surface area contributed by atoms with Crippen molar-refractivity contribution in [2.24, 2.45) is 0 Å². The molecule has 0 aromatic heterocycles. The van der Waals surface area contributed by atoms with E-state index in [-0.39, 0.29) is 35.0 Å². The molecule has 0 spiro atoms. The quantitative estimate of drug-likeness (QED) is 0.462. The molecule has 0 saturated carbocycles. The molecule has 0 bridgehead atoms. The molecule has 2 nitrogen and oxygen atoms in total. The van der Waals surface area contributed by atoms with Crippen molar-refractivity contribution in [3.63, 3.8) is 0 Å². The molecule has 0 aromatic rings. The van der Waals surface area contributed by atoms with E-state index in [2.05, 4.69) is 33.0 Å². The Labute approximate surface area is 80.0 Å². The fraction of sp³-hybridized carbons (Fsp3) is 1.00. The van der Waals surface area contributed by atoms with E-state index < -0.39 is 0 Å². The smallest absolute Gasteiger partial charge is 0.870 e. The zero-order chi connectivity index (χ0) is 5.86. The molecule has 0 rings (SSSR count). The second kappa shape index (κ2) is 8.92. The summed E-state index contributed by atoms with van der Waals surface area (Å²) in [5.41, 5.74) is 0. The first-order valence-corrected chi connectivity index (χ1v) is 2.89. The third kappa shape index (κ3) is 17.6. The standard InChI is InChI=1S/C6H15N.Na.H2O/c1-5(2)7-6(3)4;;/h5-7H,1-4H3;;1H2/q;+1;/p-1. The van der Waals surface area contributed by atoms with E-state index in [1.165, 1.54) is 0 Å². The van der Waals surface area contributed by atoms with Crippen LogP contribution in [0.4, 0.5) is 0 Å². The molecule has 52 valence electrons. The van der Waals surface area contributed by atoms with Crippen molar-refractivity contribution in [3.8, 4) is 0 Å². The molecule has 0 radical (unpaired) electrons. The van der Waals surface area contributed by atoms with Gasteiger partial charge in [0.25, 0.3) is 0 Å². The Balaban J connectivity index is -0.000000180. The fourth-order valence-corrected chi connectivity index (χ4v) is 0.667. The maximum atomic E-state index is 3.31. The molecule has 0 atom stereocenters. The molecule has 0 aliphatic rings. The first kappa shape index (κ1) is 16.5. The van der Waals surface area contributed by atoms with Gasteiger partial charge < -0.3 is 10.8 Å². The van der Waals surface area contributed by atoms with Crippen molar-refractivity contribution in [2.75, 3.05) is 0 Å². The molecule has 3 heteroatoms. The first-order valence-electron chi connectivity index (χ1n) is 2.89. The van der Waals surface area contributed by atoms with Crippen LogP contribution in [0.25, 0.3) is 0 Å². The van der Waals surface area contributed by atoms with E-state index in [0.717, 1.165) is 0 Å². The number of hydrogen-bond acceptors (Lipinski definition) is 2. The van der Waals surface area contributed by atoms with Crippen LogP contribution in [-0.4, -0.2) is 17.6 Å². The molecule has 0 amide bonds. The Hall–Kier alpha value is 0.920. The predicted molar refractivity (Wildman–Crippen MR) is 35.3 cm³/mol. The van der Waals surface area contributed by atoms with Gasteiger partial charge in [-0.2, -0.15) is 0 Å². The summed E-state index contributed by atoms with van der Waals surface area (Å²) in [4.78, 5) is 0. The maximum Gasteiger partial charge on any atom is 1.00 e. The van der Waals surface area contributed by atoms with Gasteiger partial charge in [-0.25, -0.2) is 0 Å². The van der Waals surface area contributed by atoms with E-state index in [9.17, 15) is 0 Å². The average Bonchev–Trinajstić information content (AvgIpc) is 1.27. The minimum Gasteiger partial charge on any atom is -0.870 e. The largest absolute Gasteiger partial charge is 1.00 e. The van der Waals surface area contributed by atoms with Crippen LogP contribution < -0.4 is 34.9 Å². The summed E-state index contributed by atoms with van der Waals surface area (Å²) >= 11 is 0. The van der Waals surface area contributed by atoms with E-state index in [1.807, 2.05) is 0 Å². The molecule has 9 heavy (non-hydrogen) atoms. The van der Waals surface area contributed by atoms with Crippen molar-refractivity contribution in [3.05, 3.63) is 0 Å². The normalized spacial score (nSPS) is 8.67. The van der Waals surface area contributed by atoms with Gasteiger partial charge in [-0.15, -0.1) is 0 Å². The molecule has 0 heterocycles. The Bertz CT molecular complexity index is 42.3. The summed E-state index contributed by atoms with van der Waals surface area (Å²) < 4.78 is 0. The van der Waals surface area contributed by atoms with Gasteiger partial charge in [-0.05, 0) is 0 Å². The molecule has 0 aliphatic heterocycles. The Morgan fingerprint density at radius 3 is 1.11 bits per heavy atom. The Kier molecular flexibility index (Phi) is 16.3.